The van der Waals surface area contributed by atoms with Gasteiger partial charge in [-0.2, -0.15) is 0 Å². The third-order valence-corrected chi connectivity index (χ3v) is 7.09. The minimum atomic E-state index is -0.178. The summed E-state index contributed by atoms with van der Waals surface area (Å²) in [5.41, 5.74) is 6.10. The molecule has 1 saturated heterocycles. The molecule has 0 spiro atoms. The van der Waals surface area contributed by atoms with Crippen LogP contribution in [0.15, 0.2) is 36.7 Å². The molecule has 6 rings (SSSR count). The summed E-state index contributed by atoms with van der Waals surface area (Å²) in [6.07, 6.45) is 10.3. The highest BCUT2D eigenvalue weighted by molar-refractivity contribution is 6.06. The number of hydrogen-bond donors (Lipinski definition) is 1. The zero-order valence-electron chi connectivity index (χ0n) is 17.9. The van der Waals surface area contributed by atoms with Gasteiger partial charge in [0, 0.05) is 75.7 Å². The molecule has 0 aromatic carbocycles. The average Bonchev–Trinajstić information content (AvgIpc) is 3.23. The molecule has 3 aromatic rings. The first-order valence-corrected chi connectivity index (χ1v) is 10.9. The Morgan fingerprint density at radius 2 is 2.23 bits per heavy atom. The fourth-order valence-corrected chi connectivity index (χ4v) is 5.29. The van der Waals surface area contributed by atoms with Crippen LogP contribution in [0.25, 0.3) is 22.3 Å². The Morgan fingerprint density at radius 3 is 3.03 bits per heavy atom. The van der Waals surface area contributed by atoms with Crippen molar-refractivity contribution in [3.05, 3.63) is 53.5 Å². The number of pyridine rings is 1. The minimum absolute atomic E-state index is 0. The average molecular weight is 421 g/mol. The fourth-order valence-electron chi connectivity index (χ4n) is 5.29. The molecule has 1 saturated carbocycles. The monoisotopic (exact) mass is 420 g/mol. The minimum Gasteiger partial charge on any atom is -0.378 e. The SMILES string of the molecule is COC12C=CCc3c(c(-c4cc5c(C(=O)N6CCOCC6)ccnc5[nH]4)cn3C)C1C2.[HH]. The van der Waals surface area contributed by atoms with Crippen LogP contribution < -0.4 is 0 Å². The highest BCUT2D eigenvalue weighted by Crippen LogP contribution is 2.59. The molecule has 2 fully saturated rings. The molecule has 4 heterocycles. The molecule has 2 unspecified atom stereocenters. The van der Waals surface area contributed by atoms with Crippen LogP contribution in [-0.2, 0) is 22.9 Å². The Balaban J connectivity index is 0.00000216. The smallest absolute Gasteiger partial charge is 0.254 e. The van der Waals surface area contributed by atoms with E-state index in [1.807, 2.05) is 11.0 Å². The lowest BCUT2D eigenvalue weighted by Crippen LogP contribution is -2.40. The zero-order valence-corrected chi connectivity index (χ0v) is 17.9. The Hall–Kier alpha value is -2.90. The van der Waals surface area contributed by atoms with Gasteiger partial charge in [-0.3, -0.25) is 4.79 Å². The predicted molar refractivity (Wildman–Crippen MR) is 119 cm³/mol. The summed E-state index contributed by atoms with van der Waals surface area (Å²) in [5, 5.41) is 0.868. The molecule has 1 amide bonds. The Kier molecular flexibility index (Phi) is 4.13. The number of H-pyrrole nitrogens is 1. The molecule has 31 heavy (non-hydrogen) atoms. The number of morpholine rings is 1. The first-order chi connectivity index (χ1) is 15.1. The number of fused-ring (bicyclic) bond motifs is 4. The second kappa shape index (κ2) is 6.80. The van der Waals surface area contributed by atoms with Gasteiger partial charge < -0.3 is 23.9 Å². The molecule has 7 nitrogen and oxygen atoms in total. The van der Waals surface area contributed by atoms with Crippen LogP contribution in [0.4, 0.5) is 0 Å². The Morgan fingerprint density at radius 1 is 1.39 bits per heavy atom. The standard InChI is InChI=1S/C24H26N4O3.H2/c1-27-14-17(21-18-13-24(18,30-2)6-3-4-20(21)27)19-12-16-15(5-7-25-22(16)26-19)23(29)28-8-10-31-11-9-28;/h3,5-7,12,14,18H,4,8-11,13H2,1-2H3,(H,25,26);1H. The summed E-state index contributed by atoms with van der Waals surface area (Å²) in [7, 11) is 3.90. The van der Waals surface area contributed by atoms with E-state index < -0.39 is 0 Å². The normalized spacial score (nSPS) is 24.7. The molecule has 3 aromatic heterocycles. The van der Waals surface area contributed by atoms with Gasteiger partial charge in [0.05, 0.1) is 24.4 Å². The van der Waals surface area contributed by atoms with Crippen LogP contribution in [0.1, 0.15) is 35.4 Å². The summed E-state index contributed by atoms with van der Waals surface area (Å²) < 4.78 is 13.5. The van der Waals surface area contributed by atoms with E-state index in [0.717, 1.165) is 29.6 Å². The topological polar surface area (TPSA) is 72.4 Å². The van der Waals surface area contributed by atoms with Gasteiger partial charge in [-0.05, 0) is 24.1 Å². The van der Waals surface area contributed by atoms with Crippen molar-refractivity contribution in [3.8, 4) is 11.3 Å². The first-order valence-electron chi connectivity index (χ1n) is 10.9. The number of aromatic amines is 1. The van der Waals surface area contributed by atoms with E-state index in [-0.39, 0.29) is 12.9 Å². The predicted octanol–water partition coefficient (Wildman–Crippen LogP) is 3.27. The van der Waals surface area contributed by atoms with E-state index in [0.29, 0.717) is 37.8 Å². The molecule has 1 aliphatic heterocycles. The molecule has 162 valence electrons. The van der Waals surface area contributed by atoms with E-state index in [2.05, 4.69) is 46.0 Å². The Labute approximate surface area is 182 Å². The summed E-state index contributed by atoms with van der Waals surface area (Å²) in [6.45, 7) is 2.43. The number of amides is 1. The van der Waals surface area contributed by atoms with Crippen molar-refractivity contribution in [1.82, 2.24) is 19.4 Å². The third-order valence-electron chi connectivity index (χ3n) is 7.09. The summed E-state index contributed by atoms with van der Waals surface area (Å²) >= 11 is 0. The molecule has 1 N–H and O–H groups in total. The number of hydrogen-bond acceptors (Lipinski definition) is 4. The van der Waals surface area contributed by atoms with Crippen molar-refractivity contribution in [2.75, 3.05) is 33.4 Å². The van der Waals surface area contributed by atoms with Crippen molar-refractivity contribution < 1.29 is 15.7 Å². The highest BCUT2D eigenvalue weighted by Gasteiger charge is 2.56. The summed E-state index contributed by atoms with van der Waals surface area (Å²) in [5.74, 6) is 0.397. The van der Waals surface area contributed by atoms with E-state index in [4.69, 9.17) is 9.47 Å². The number of rotatable bonds is 3. The number of methoxy groups -OCH3 is 1. The quantitative estimate of drug-likeness (QED) is 0.660. The zero-order chi connectivity index (χ0) is 21.2. The maximum atomic E-state index is 13.2. The van der Waals surface area contributed by atoms with Crippen molar-refractivity contribution in [1.29, 1.82) is 0 Å². The molecular formula is C24H28N4O3. The molecule has 7 heteroatoms. The van der Waals surface area contributed by atoms with E-state index in [9.17, 15) is 4.79 Å². The van der Waals surface area contributed by atoms with Crippen LogP contribution in [0.3, 0.4) is 0 Å². The van der Waals surface area contributed by atoms with Gasteiger partial charge in [0.2, 0.25) is 0 Å². The van der Waals surface area contributed by atoms with Crippen molar-refractivity contribution in [2.24, 2.45) is 7.05 Å². The maximum absolute atomic E-state index is 13.2. The fraction of sp³-hybridized carbons (Fsp3) is 0.417. The van der Waals surface area contributed by atoms with Gasteiger partial charge >= 0.3 is 0 Å². The highest BCUT2D eigenvalue weighted by atomic mass is 16.5. The number of aromatic nitrogens is 3. The molecule has 0 radical (unpaired) electrons. The second-order valence-electron chi connectivity index (χ2n) is 8.74. The van der Waals surface area contributed by atoms with Gasteiger partial charge in [-0.15, -0.1) is 0 Å². The molecule has 2 atom stereocenters. The van der Waals surface area contributed by atoms with E-state index >= 15 is 0 Å². The van der Waals surface area contributed by atoms with Gasteiger partial charge in [-0.1, -0.05) is 12.2 Å². The lowest BCUT2D eigenvalue weighted by molar-refractivity contribution is 0.0304. The number of nitrogens with one attached hydrogen (secondary N) is 1. The van der Waals surface area contributed by atoms with Crippen molar-refractivity contribution in [2.45, 2.75) is 24.4 Å². The largest absolute Gasteiger partial charge is 0.378 e. The number of allylic oxidation sites excluding steroid dienone is 1. The second-order valence-corrected chi connectivity index (χ2v) is 8.74. The van der Waals surface area contributed by atoms with Gasteiger partial charge in [0.15, 0.2) is 0 Å². The lowest BCUT2D eigenvalue weighted by Gasteiger charge is -2.27. The summed E-state index contributed by atoms with van der Waals surface area (Å²) in [4.78, 5) is 23.0. The molecular weight excluding hydrogens is 392 g/mol. The van der Waals surface area contributed by atoms with Crippen LogP contribution in [0, 0.1) is 0 Å². The van der Waals surface area contributed by atoms with Gasteiger partial charge in [0.1, 0.15) is 5.65 Å². The van der Waals surface area contributed by atoms with E-state index in [1.165, 1.54) is 16.8 Å². The third kappa shape index (κ3) is 2.80. The molecule has 0 bridgehead atoms. The lowest BCUT2D eigenvalue weighted by atomic mass is 10.0. The maximum Gasteiger partial charge on any atom is 0.254 e. The van der Waals surface area contributed by atoms with Gasteiger partial charge in [0.25, 0.3) is 5.91 Å². The van der Waals surface area contributed by atoms with Gasteiger partial charge in [-0.25, -0.2) is 4.98 Å². The number of nitrogens with zero attached hydrogens (tertiary/aromatic N) is 3. The van der Waals surface area contributed by atoms with Crippen LogP contribution in [0.5, 0.6) is 0 Å². The molecule has 2 aliphatic carbocycles. The Bertz CT molecular complexity index is 1220. The number of carbonyl (C=O) groups excluding carboxylic acids is 1. The summed E-state index contributed by atoms with van der Waals surface area (Å²) in [6, 6.07) is 3.91. The van der Waals surface area contributed by atoms with Crippen molar-refractivity contribution >= 4 is 16.9 Å². The van der Waals surface area contributed by atoms with Crippen LogP contribution in [0.2, 0.25) is 0 Å². The van der Waals surface area contributed by atoms with Crippen molar-refractivity contribution in [3.63, 3.8) is 0 Å². The number of ether oxygens (including phenoxy) is 2. The number of aryl methyl sites for hydroxylation is 1. The van der Waals surface area contributed by atoms with Crippen LogP contribution >= 0.6 is 0 Å². The number of carbonyl (C=O) groups is 1. The van der Waals surface area contributed by atoms with Crippen LogP contribution in [-0.4, -0.2) is 64.4 Å². The first kappa shape index (κ1) is 18.8. The molecule has 3 aliphatic rings. The van der Waals surface area contributed by atoms with E-state index in [1.54, 1.807) is 13.3 Å².